The molecule has 1 aromatic carbocycles. The minimum atomic E-state index is -0.851. The predicted molar refractivity (Wildman–Crippen MR) is 80.2 cm³/mol. The van der Waals surface area contributed by atoms with Gasteiger partial charge < -0.3 is 9.67 Å². The fraction of sp³-hybridized carbons (Fsp3) is 0.400. The van der Waals surface area contributed by atoms with Crippen molar-refractivity contribution in [1.82, 2.24) is 9.55 Å². The molecule has 0 amide bonds. The molecule has 5 nitrogen and oxygen atoms in total. The summed E-state index contributed by atoms with van der Waals surface area (Å²) < 4.78 is 2.10. The summed E-state index contributed by atoms with van der Waals surface area (Å²) in [7, 11) is 0. The Morgan fingerprint density at radius 3 is 3.00 bits per heavy atom. The number of carbonyl (C=O) groups is 1. The number of imidazole rings is 1. The first-order valence-electron chi connectivity index (χ1n) is 6.87. The summed E-state index contributed by atoms with van der Waals surface area (Å²) >= 11 is 1.24. The Balaban J connectivity index is 2.09. The van der Waals surface area contributed by atoms with Crippen LogP contribution in [0.5, 0.6) is 0 Å². The van der Waals surface area contributed by atoms with Crippen LogP contribution in [0.1, 0.15) is 31.4 Å². The zero-order valence-corrected chi connectivity index (χ0v) is 12.4. The van der Waals surface area contributed by atoms with Crippen molar-refractivity contribution in [2.75, 3.05) is 5.75 Å². The van der Waals surface area contributed by atoms with Gasteiger partial charge in [0.25, 0.3) is 0 Å². The van der Waals surface area contributed by atoms with E-state index < -0.39 is 5.97 Å². The van der Waals surface area contributed by atoms with Crippen LogP contribution in [0.3, 0.4) is 0 Å². The van der Waals surface area contributed by atoms with Crippen molar-refractivity contribution in [2.45, 2.75) is 31.0 Å². The van der Waals surface area contributed by atoms with Crippen molar-refractivity contribution in [2.24, 2.45) is 5.92 Å². The van der Waals surface area contributed by atoms with Crippen LogP contribution in [0.4, 0.5) is 0 Å². The van der Waals surface area contributed by atoms with Gasteiger partial charge in [-0.3, -0.25) is 4.79 Å². The van der Waals surface area contributed by atoms with E-state index >= 15 is 0 Å². The van der Waals surface area contributed by atoms with Crippen molar-refractivity contribution >= 4 is 28.8 Å². The Kier molecular flexibility index (Phi) is 3.60. The second-order valence-electron chi connectivity index (χ2n) is 5.34. The lowest BCUT2D eigenvalue weighted by atomic mass is 10.2. The first kappa shape index (κ1) is 14.0. The third kappa shape index (κ3) is 2.74. The molecule has 1 atom stereocenters. The van der Waals surface area contributed by atoms with Crippen LogP contribution in [-0.4, -0.2) is 26.4 Å². The summed E-state index contributed by atoms with van der Waals surface area (Å²) in [4.78, 5) is 15.4. The second-order valence-corrected chi connectivity index (χ2v) is 6.28. The summed E-state index contributed by atoms with van der Waals surface area (Å²) in [5.41, 5.74) is 2.33. The zero-order chi connectivity index (χ0) is 15.0. The maximum Gasteiger partial charge on any atom is 0.313 e. The van der Waals surface area contributed by atoms with Crippen LogP contribution in [0, 0.1) is 17.2 Å². The van der Waals surface area contributed by atoms with Gasteiger partial charge in [0.15, 0.2) is 5.16 Å². The molecule has 0 aliphatic heterocycles. The highest BCUT2D eigenvalue weighted by molar-refractivity contribution is 7.99. The standard InChI is InChI=1S/C15H15N3O2S/c1-9(11-3-4-11)18-13-6-10(7-16)2-5-12(13)17-15(18)21-8-14(19)20/h2,5-6,9,11H,3-4,8H2,1H3,(H,19,20). The van der Waals surface area contributed by atoms with Crippen LogP contribution in [-0.2, 0) is 4.79 Å². The number of rotatable bonds is 5. The van der Waals surface area contributed by atoms with E-state index in [9.17, 15) is 4.79 Å². The molecule has 1 fully saturated rings. The molecule has 1 aliphatic rings. The molecule has 3 rings (SSSR count). The van der Waals surface area contributed by atoms with Gasteiger partial charge in [0.1, 0.15) is 0 Å². The molecule has 1 aliphatic carbocycles. The van der Waals surface area contributed by atoms with Gasteiger partial charge in [0.05, 0.1) is 28.4 Å². The molecule has 0 radical (unpaired) electrons. The minimum absolute atomic E-state index is 0.00812. The second kappa shape index (κ2) is 5.41. The van der Waals surface area contributed by atoms with Gasteiger partial charge >= 0.3 is 5.97 Å². The average Bonchev–Trinajstić information content (AvgIpc) is 3.25. The van der Waals surface area contributed by atoms with E-state index in [1.54, 1.807) is 6.07 Å². The van der Waals surface area contributed by atoms with Gasteiger partial charge in [0, 0.05) is 6.04 Å². The van der Waals surface area contributed by atoms with Crippen molar-refractivity contribution < 1.29 is 9.90 Å². The van der Waals surface area contributed by atoms with Crippen LogP contribution in [0.15, 0.2) is 23.4 Å². The van der Waals surface area contributed by atoms with Crippen LogP contribution < -0.4 is 0 Å². The number of nitrogens with zero attached hydrogens (tertiary/aromatic N) is 3. The number of carboxylic acid groups (broad SMARTS) is 1. The zero-order valence-electron chi connectivity index (χ0n) is 11.6. The summed E-state index contributed by atoms with van der Waals surface area (Å²) in [6.07, 6.45) is 2.39. The molecule has 2 aromatic rings. The highest BCUT2D eigenvalue weighted by Crippen LogP contribution is 2.42. The van der Waals surface area contributed by atoms with Gasteiger partial charge in [-0.1, -0.05) is 11.8 Å². The molecule has 1 N–H and O–H groups in total. The summed E-state index contributed by atoms with van der Waals surface area (Å²) in [5, 5.41) is 18.7. The molecular weight excluding hydrogens is 286 g/mol. The summed E-state index contributed by atoms with van der Waals surface area (Å²) in [5.74, 6) is -0.237. The van der Waals surface area contributed by atoms with Gasteiger partial charge in [-0.2, -0.15) is 5.26 Å². The maximum atomic E-state index is 10.8. The number of aliphatic carboxylic acids is 1. The van der Waals surface area contributed by atoms with Crippen LogP contribution >= 0.6 is 11.8 Å². The largest absolute Gasteiger partial charge is 0.481 e. The molecule has 108 valence electrons. The van der Waals surface area contributed by atoms with E-state index in [1.807, 2.05) is 12.1 Å². The normalized spacial score (nSPS) is 15.8. The fourth-order valence-corrected chi connectivity index (χ4v) is 3.37. The van der Waals surface area contributed by atoms with Crippen molar-refractivity contribution in [1.29, 1.82) is 5.26 Å². The Morgan fingerprint density at radius 1 is 1.62 bits per heavy atom. The number of nitriles is 1. The molecule has 21 heavy (non-hydrogen) atoms. The van der Waals surface area contributed by atoms with Crippen molar-refractivity contribution in [3.63, 3.8) is 0 Å². The average molecular weight is 301 g/mol. The van der Waals surface area contributed by atoms with Crippen molar-refractivity contribution in [3.05, 3.63) is 23.8 Å². The highest BCUT2D eigenvalue weighted by atomic mass is 32.2. The number of benzene rings is 1. The first-order chi connectivity index (χ1) is 10.1. The van der Waals surface area contributed by atoms with Gasteiger partial charge in [0.2, 0.25) is 0 Å². The van der Waals surface area contributed by atoms with E-state index in [4.69, 9.17) is 10.4 Å². The molecule has 1 unspecified atom stereocenters. The molecule has 0 bridgehead atoms. The molecule has 1 saturated carbocycles. The monoisotopic (exact) mass is 301 g/mol. The quantitative estimate of drug-likeness (QED) is 0.859. The number of fused-ring (bicyclic) bond motifs is 1. The van der Waals surface area contributed by atoms with E-state index in [0.717, 1.165) is 16.2 Å². The highest BCUT2D eigenvalue weighted by Gasteiger charge is 2.31. The molecule has 0 spiro atoms. The fourth-order valence-electron chi connectivity index (χ4n) is 2.55. The van der Waals surface area contributed by atoms with Gasteiger partial charge in [-0.15, -0.1) is 0 Å². The Morgan fingerprint density at radius 2 is 2.38 bits per heavy atom. The minimum Gasteiger partial charge on any atom is -0.481 e. The smallest absolute Gasteiger partial charge is 0.313 e. The third-order valence-corrected chi connectivity index (χ3v) is 4.76. The lowest BCUT2D eigenvalue weighted by Gasteiger charge is -2.16. The Labute approximate surface area is 126 Å². The summed E-state index contributed by atoms with van der Waals surface area (Å²) in [6.45, 7) is 2.14. The molecule has 6 heteroatoms. The number of hydrogen-bond acceptors (Lipinski definition) is 4. The third-order valence-electron chi connectivity index (χ3n) is 3.82. The lowest BCUT2D eigenvalue weighted by Crippen LogP contribution is -2.09. The van der Waals surface area contributed by atoms with Crippen LogP contribution in [0.2, 0.25) is 0 Å². The summed E-state index contributed by atoms with van der Waals surface area (Å²) in [6, 6.07) is 7.84. The van der Waals surface area contributed by atoms with Crippen LogP contribution in [0.25, 0.3) is 11.0 Å². The van der Waals surface area contributed by atoms with Gasteiger partial charge in [-0.25, -0.2) is 4.98 Å². The molecule has 1 aromatic heterocycles. The topological polar surface area (TPSA) is 78.9 Å². The SMILES string of the molecule is CC(C1CC1)n1c(SCC(=O)O)nc2ccc(C#N)cc21. The van der Waals surface area contributed by atoms with Crippen molar-refractivity contribution in [3.8, 4) is 6.07 Å². The number of aromatic nitrogens is 2. The number of hydrogen-bond donors (Lipinski definition) is 1. The number of carboxylic acids is 1. The molecule has 1 heterocycles. The first-order valence-corrected chi connectivity index (χ1v) is 7.85. The van der Waals surface area contributed by atoms with E-state index in [1.165, 1.54) is 24.6 Å². The van der Waals surface area contributed by atoms with Gasteiger partial charge in [-0.05, 0) is 43.9 Å². The lowest BCUT2D eigenvalue weighted by molar-refractivity contribution is -0.133. The molecular formula is C15H15N3O2S. The Hall–Kier alpha value is -2.00. The number of thioether (sulfide) groups is 1. The predicted octanol–water partition coefficient (Wildman–Crippen LogP) is 3.06. The molecule has 0 saturated heterocycles. The Bertz CT molecular complexity index is 743. The van der Waals surface area contributed by atoms with E-state index in [2.05, 4.69) is 22.5 Å². The maximum absolute atomic E-state index is 10.8. The van der Waals surface area contributed by atoms with E-state index in [-0.39, 0.29) is 11.8 Å². The van der Waals surface area contributed by atoms with E-state index in [0.29, 0.717) is 11.5 Å².